The largest absolute Gasteiger partial charge is 0.248 e. The number of hydrogen-bond donors (Lipinski definition) is 0. The van der Waals surface area contributed by atoms with Crippen LogP contribution >= 0.6 is 0 Å². The monoisotopic (exact) mass is 218 g/mol. The van der Waals surface area contributed by atoms with Crippen LogP contribution in [0.3, 0.4) is 0 Å². The Hall–Kier alpha value is -0.140. The van der Waals surface area contributed by atoms with Gasteiger partial charge in [-0.2, -0.15) is 0 Å². The van der Waals surface area contributed by atoms with Crippen molar-refractivity contribution in [2.45, 2.75) is 77.6 Å². The lowest BCUT2D eigenvalue weighted by atomic mass is 9.78. The van der Waals surface area contributed by atoms with E-state index in [1.165, 1.54) is 19.3 Å². The molecule has 0 aromatic rings. The molecule has 1 saturated carbocycles. The first-order valence-corrected chi connectivity index (χ1v) is 6.41. The van der Waals surface area contributed by atoms with Gasteiger partial charge in [0.15, 0.2) is 0 Å². The molecule has 1 fully saturated rings. The standard InChI is InChI=1S/C13H24F2/c1-3-5-6-7-8-12(4-2)9-10-13(14,15)11-12/h3-11H2,1-2H3. The molecule has 0 amide bonds. The maximum atomic E-state index is 13.2. The van der Waals surface area contributed by atoms with Crippen LogP contribution in [0.4, 0.5) is 8.78 Å². The summed E-state index contributed by atoms with van der Waals surface area (Å²) in [6, 6.07) is 0. The summed E-state index contributed by atoms with van der Waals surface area (Å²) in [4.78, 5) is 0. The number of hydrogen-bond acceptors (Lipinski definition) is 0. The van der Waals surface area contributed by atoms with Crippen molar-refractivity contribution in [3.8, 4) is 0 Å². The summed E-state index contributed by atoms with van der Waals surface area (Å²) in [5, 5.41) is 0. The molecule has 1 aliphatic rings. The average molecular weight is 218 g/mol. The lowest BCUT2D eigenvalue weighted by Crippen LogP contribution is -2.19. The highest BCUT2D eigenvalue weighted by atomic mass is 19.3. The van der Waals surface area contributed by atoms with Gasteiger partial charge in [0, 0.05) is 12.8 Å². The normalized spacial score (nSPS) is 29.6. The van der Waals surface area contributed by atoms with Crippen LogP contribution in [0.15, 0.2) is 0 Å². The molecule has 1 rings (SSSR count). The van der Waals surface area contributed by atoms with Crippen LogP contribution in [-0.2, 0) is 0 Å². The minimum atomic E-state index is -2.37. The molecule has 0 N–H and O–H groups in total. The first-order valence-electron chi connectivity index (χ1n) is 6.41. The van der Waals surface area contributed by atoms with Gasteiger partial charge in [-0.1, -0.05) is 46.0 Å². The maximum Gasteiger partial charge on any atom is 0.248 e. The Bertz CT molecular complexity index is 189. The van der Waals surface area contributed by atoms with Crippen LogP contribution in [0.25, 0.3) is 0 Å². The predicted octanol–water partition coefficient (Wildman–Crippen LogP) is 5.17. The summed E-state index contributed by atoms with van der Waals surface area (Å²) >= 11 is 0. The molecule has 0 heterocycles. The van der Waals surface area contributed by atoms with Gasteiger partial charge in [0.2, 0.25) is 5.92 Å². The molecule has 1 unspecified atom stereocenters. The molecule has 0 nitrogen and oxygen atoms in total. The van der Waals surface area contributed by atoms with Gasteiger partial charge < -0.3 is 0 Å². The van der Waals surface area contributed by atoms with Crippen molar-refractivity contribution < 1.29 is 8.78 Å². The minimum absolute atomic E-state index is 0.0305. The highest BCUT2D eigenvalue weighted by molar-refractivity contribution is 4.92. The van der Waals surface area contributed by atoms with Crippen molar-refractivity contribution in [2.24, 2.45) is 5.41 Å². The fourth-order valence-corrected chi connectivity index (χ4v) is 2.79. The Kier molecular flexibility index (Phi) is 4.54. The molecule has 0 radical (unpaired) electrons. The van der Waals surface area contributed by atoms with Gasteiger partial charge in [-0.05, 0) is 18.3 Å². The number of unbranched alkanes of at least 4 members (excludes halogenated alkanes) is 3. The van der Waals surface area contributed by atoms with Gasteiger partial charge in [0.25, 0.3) is 0 Å². The van der Waals surface area contributed by atoms with Gasteiger partial charge in [0.05, 0.1) is 0 Å². The van der Waals surface area contributed by atoms with Crippen LogP contribution in [0.2, 0.25) is 0 Å². The molecular formula is C13H24F2. The third kappa shape index (κ3) is 3.73. The summed E-state index contributed by atoms with van der Waals surface area (Å²) in [6.45, 7) is 4.25. The Labute approximate surface area is 92.4 Å². The molecule has 1 aliphatic carbocycles. The topological polar surface area (TPSA) is 0 Å². The lowest BCUT2D eigenvalue weighted by Gasteiger charge is -2.27. The SMILES string of the molecule is CCCCCCC1(CC)CCC(F)(F)C1. The molecule has 0 saturated heterocycles. The van der Waals surface area contributed by atoms with E-state index in [0.717, 1.165) is 25.7 Å². The number of halogens is 2. The fraction of sp³-hybridized carbons (Fsp3) is 1.00. The molecule has 0 spiro atoms. The third-order valence-corrected chi connectivity index (χ3v) is 3.97. The van der Waals surface area contributed by atoms with Crippen molar-refractivity contribution in [3.05, 3.63) is 0 Å². The Morgan fingerprint density at radius 3 is 2.20 bits per heavy atom. The van der Waals surface area contributed by atoms with E-state index in [4.69, 9.17) is 0 Å². The van der Waals surface area contributed by atoms with E-state index in [9.17, 15) is 8.78 Å². The number of alkyl halides is 2. The fourth-order valence-electron chi connectivity index (χ4n) is 2.79. The van der Waals surface area contributed by atoms with Crippen molar-refractivity contribution in [3.63, 3.8) is 0 Å². The summed E-state index contributed by atoms with van der Waals surface area (Å²) in [5.41, 5.74) is -0.0305. The zero-order valence-electron chi connectivity index (χ0n) is 10.1. The third-order valence-electron chi connectivity index (χ3n) is 3.97. The average Bonchev–Trinajstić information content (AvgIpc) is 2.50. The van der Waals surface area contributed by atoms with E-state index in [-0.39, 0.29) is 18.3 Å². The molecular weight excluding hydrogens is 194 g/mol. The van der Waals surface area contributed by atoms with Crippen LogP contribution in [0.1, 0.15) is 71.6 Å². The highest BCUT2D eigenvalue weighted by Crippen LogP contribution is 2.52. The smallest absolute Gasteiger partial charge is 0.207 e. The van der Waals surface area contributed by atoms with Gasteiger partial charge in [0.1, 0.15) is 0 Å². The molecule has 15 heavy (non-hydrogen) atoms. The summed E-state index contributed by atoms with van der Waals surface area (Å²) < 4.78 is 26.4. The summed E-state index contributed by atoms with van der Waals surface area (Å²) in [7, 11) is 0. The van der Waals surface area contributed by atoms with E-state index >= 15 is 0 Å². The van der Waals surface area contributed by atoms with Crippen molar-refractivity contribution >= 4 is 0 Å². The van der Waals surface area contributed by atoms with E-state index in [1.807, 2.05) is 0 Å². The van der Waals surface area contributed by atoms with Gasteiger partial charge in [-0.25, -0.2) is 8.78 Å². The molecule has 0 aromatic carbocycles. The molecule has 0 bridgehead atoms. The summed E-state index contributed by atoms with van der Waals surface area (Å²) in [5.74, 6) is -2.37. The zero-order chi connectivity index (χ0) is 11.4. The first kappa shape index (κ1) is 12.9. The highest BCUT2D eigenvalue weighted by Gasteiger charge is 2.47. The van der Waals surface area contributed by atoms with Gasteiger partial charge in [-0.15, -0.1) is 0 Å². The second-order valence-corrected chi connectivity index (χ2v) is 5.20. The first-order chi connectivity index (χ1) is 7.04. The molecule has 1 atom stereocenters. The Balaban J connectivity index is 2.35. The van der Waals surface area contributed by atoms with E-state index in [0.29, 0.717) is 0 Å². The molecule has 2 heteroatoms. The number of rotatable bonds is 6. The van der Waals surface area contributed by atoms with Crippen molar-refractivity contribution in [2.75, 3.05) is 0 Å². The van der Waals surface area contributed by atoms with Crippen LogP contribution in [0, 0.1) is 5.41 Å². The van der Waals surface area contributed by atoms with E-state index in [2.05, 4.69) is 13.8 Å². The Morgan fingerprint density at radius 1 is 1.00 bits per heavy atom. The van der Waals surface area contributed by atoms with E-state index in [1.54, 1.807) is 0 Å². The second kappa shape index (κ2) is 5.27. The quantitative estimate of drug-likeness (QED) is 0.539. The van der Waals surface area contributed by atoms with Gasteiger partial charge >= 0.3 is 0 Å². The van der Waals surface area contributed by atoms with Crippen molar-refractivity contribution in [1.82, 2.24) is 0 Å². The molecule has 90 valence electrons. The van der Waals surface area contributed by atoms with Crippen LogP contribution < -0.4 is 0 Å². The molecule has 0 aromatic heterocycles. The van der Waals surface area contributed by atoms with Gasteiger partial charge in [-0.3, -0.25) is 0 Å². The molecule has 0 aliphatic heterocycles. The predicted molar refractivity (Wildman–Crippen MR) is 60.3 cm³/mol. The van der Waals surface area contributed by atoms with Crippen LogP contribution in [0.5, 0.6) is 0 Å². The lowest BCUT2D eigenvalue weighted by molar-refractivity contribution is -0.00574. The summed E-state index contributed by atoms with van der Waals surface area (Å²) in [6.07, 6.45) is 7.75. The zero-order valence-corrected chi connectivity index (χ0v) is 10.1. The van der Waals surface area contributed by atoms with E-state index < -0.39 is 5.92 Å². The maximum absolute atomic E-state index is 13.2. The Morgan fingerprint density at radius 2 is 1.73 bits per heavy atom. The minimum Gasteiger partial charge on any atom is -0.207 e. The second-order valence-electron chi connectivity index (χ2n) is 5.20. The van der Waals surface area contributed by atoms with Crippen molar-refractivity contribution in [1.29, 1.82) is 0 Å². The van der Waals surface area contributed by atoms with Crippen LogP contribution in [-0.4, -0.2) is 5.92 Å².